The fourth-order valence-corrected chi connectivity index (χ4v) is 2.22. The van der Waals surface area contributed by atoms with Gasteiger partial charge >= 0.3 is 0 Å². The van der Waals surface area contributed by atoms with Crippen molar-refractivity contribution in [1.82, 2.24) is 0 Å². The van der Waals surface area contributed by atoms with Crippen LogP contribution in [0.25, 0.3) is 0 Å². The summed E-state index contributed by atoms with van der Waals surface area (Å²) >= 11 is 0. The summed E-state index contributed by atoms with van der Waals surface area (Å²) in [6.07, 6.45) is 0. The van der Waals surface area contributed by atoms with Gasteiger partial charge in [0.25, 0.3) is 5.91 Å². The van der Waals surface area contributed by atoms with Crippen LogP contribution in [0.2, 0.25) is 0 Å². The fraction of sp³-hybridized carbons (Fsp3) is 0.222. The number of likely N-dealkylation sites (N-methyl/N-ethyl adjacent to an activating group) is 1. The lowest BCUT2D eigenvalue weighted by Gasteiger charge is -2.21. The summed E-state index contributed by atoms with van der Waals surface area (Å²) in [4.78, 5) is 13.3. The number of hydrogen-bond donors (Lipinski definition) is 2. The Balaban J connectivity index is 1.96. The predicted molar refractivity (Wildman–Crippen MR) is 86.2 cm³/mol. The molecule has 23 heavy (non-hydrogen) atoms. The van der Waals surface area contributed by atoms with Gasteiger partial charge in [0.15, 0.2) is 6.04 Å². The van der Waals surface area contributed by atoms with Crippen molar-refractivity contribution < 1.29 is 14.1 Å². The van der Waals surface area contributed by atoms with E-state index in [2.05, 4.69) is 5.32 Å². The minimum atomic E-state index is -0.297. The predicted octanol–water partition coefficient (Wildman–Crippen LogP) is 1.74. The number of nitriles is 1. The van der Waals surface area contributed by atoms with Gasteiger partial charge in [-0.2, -0.15) is 5.26 Å². The monoisotopic (exact) mass is 312 g/mol. The molecule has 0 saturated carbocycles. The third kappa shape index (κ3) is 4.63. The normalized spacial score (nSPS) is 13.0. The Bertz CT molecular complexity index is 722. The highest BCUT2D eigenvalue weighted by molar-refractivity contribution is 5.93. The Morgan fingerprint density at radius 1 is 1.30 bits per heavy atom. The van der Waals surface area contributed by atoms with E-state index < -0.39 is 0 Å². The Kier molecular flexibility index (Phi) is 5.45. The lowest BCUT2D eigenvalue weighted by Crippen LogP contribution is -3.12. The molecule has 2 atom stereocenters. The average Bonchev–Trinajstić information content (AvgIpc) is 2.54. The highest BCUT2D eigenvalue weighted by Crippen LogP contribution is 2.09. The van der Waals surface area contributed by atoms with Gasteiger partial charge in [-0.1, -0.05) is 12.1 Å². The van der Waals surface area contributed by atoms with Gasteiger partial charge in [0, 0.05) is 11.3 Å². The summed E-state index contributed by atoms with van der Waals surface area (Å²) in [7, 11) is 1.90. The fourth-order valence-electron chi connectivity index (χ4n) is 2.22. The number of carbonyl (C=O) groups excluding carboxylic acids is 1. The van der Waals surface area contributed by atoms with Crippen LogP contribution in [0.4, 0.5) is 10.1 Å². The molecule has 2 aromatic rings. The summed E-state index contributed by atoms with van der Waals surface area (Å²) in [5.74, 6) is -0.395. The van der Waals surface area contributed by atoms with E-state index in [1.54, 1.807) is 30.3 Å². The zero-order valence-corrected chi connectivity index (χ0v) is 13.1. The molecule has 0 aromatic heterocycles. The van der Waals surface area contributed by atoms with E-state index in [9.17, 15) is 9.18 Å². The summed E-state index contributed by atoms with van der Waals surface area (Å²) in [5.41, 5.74) is 2.05. The van der Waals surface area contributed by atoms with Crippen LogP contribution < -0.4 is 10.2 Å². The van der Waals surface area contributed by atoms with Crippen molar-refractivity contribution in [3.05, 3.63) is 65.5 Å². The number of nitrogens with zero attached hydrogens (tertiary/aromatic N) is 1. The molecular weight excluding hydrogens is 293 g/mol. The molecule has 0 saturated heterocycles. The second-order valence-corrected chi connectivity index (χ2v) is 5.55. The highest BCUT2D eigenvalue weighted by atomic mass is 19.1. The van der Waals surface area contributed by atoms with Crippen LogP contribution in [0.15, 0.2) is 48.5 Å². The van der Waals surface area contributed by atoms with E-state index in [0.29, 0.717) is 17.8 Å². The molecule has 0 heterocycles. The maximum absolute atomic E-state index is 13.2. The van der Waals surface area contributed by atoms with Crippen molar-refractivity contribution in [3.8, 4) is 6.07 Å². The Morgan fingerprint density at radius 3 is 2.61 bits per heavy atom. The molecule has 0 spiro atoms. The van der Waals surface area contributed by atoms with Crippen molar-refractivity contribution in [3.63, 3.8) is 0 Å². The molecule has 1 unspecified atom stereocenters. The quantitative estimate of drug-likeness (QED) is 0.883. The lowest BCUT2D eigenvalue weighted by molar-refractivity contribution is -0.907. The molecule has 2 aromatic carbocycles. The molecule has 0 aliphatic rings. The summed E-state index contributed by atoms with van der Waals surface area (Å²) in [6, 6.07) is 14.8. The highest BCUT2D eigenvalue weighted by Gasteiger charge is 2.22. The van der Waals surface area contributed by atoms with Crippen LogP contribution in [0.5, 0.6) is 0 Å². The van der Waals surface area contributed by atoms with Gasteiger partial charge in [-0.15, -0.1) is 0 Å². The molecule has 0 radical (unpaired) electrons. The smallest absolute Gasteiger partial charge is 0.282 e. The molecule has 0 bridgehead atoms. The third-order valence-electron chi connectivity index (χ3n) is 3.79. The molecule has 2 rings (SSSR count). The van der Waals surface area contributed by atoms with Crippen LogP contribution in [0.1, 0.15) is 18.1 Å². The molecule has 118 valence electrons. The van der Waals surface area contributed by atoms with E-state index in [-0.39, 0.29) is 17.8 Å². The van der Waals surface area contributed by atoms with Gasteiger partial charge in [-0.3, -0.25) is 4.79 Å². The second kappa shape index (κ2) is 7.52. The van der Waals surface area contributed by atoms with Crippen molar-refractivity contribution in [2.75, 3.05) is 12.4 Å². The zero-order valence-electron chi connectivity index (χ0n) is 13.1. The average molecular weight is 312 g/mol. The van der Waals surface area contributed by atoms with Crippen LogP contribution in [-0.2, 0) is 11.3 Å². The summed E-state index contributed by atoms with van der Waals surface area (Å²) < 4.78 is 13.2. The van der Waals surface area contributed by atoms with Gasteiger partial charge in [0.05, 0.1) is 18.7 Å². The maximum Gasteiger partial charge on any atom is 0.282 e. The number of quaternary nitrogens is 1. The van der Waals surface area contributed by atoms with E-state index in [0.717, 1.165) is 10.5 Å². The lowest BCUT2D eigenvalue weighted by atomic mass is 10.1. The first-order valence-corrected chi connectivity index (χ1v) is 7.37. The minimum Gasteiger partial charge on any atom is -0.324 e. The first-order valence-electron chi connectivity index (χ1n) is 7.37. The number of hydrogen-bond acceptors (Lipinski definition) is 2. The zero-order chi connectivity index (χ0) is 16.8. The van der Waals surface area contributed by atoms with Gasteiger partial charge in [0.1, 0.15) is 12.4 Å². The minimum absolute atomic E-state index is 0.122. The van der Waals surface area contributed by atoms with Gasteiger partial charge in [0.2, 0.25) is 0 Å². The third-order valence-corrected chi connectivity index (χ3v) is 3.79. The second-order valence-electron chi connectivity index (χ2n) is 5.55. The van der Waals surface area contributed by atoms with Crippen molar-refractivity contribution in [2.24, 2.45) is 0 Å². The number of amides is 1. The molecule has 1 amide bonds. The molecule has 4 nitrogen and oxygen atoms in total. The summed E-state index contributed by atoms with van der Waals surface area (Å²) in [6.45, 7) is 2.38. The van der Waals surface area contributed by atoms with Crippen molar-refractivity contribution >= 4 is 11.6 Å². The first-order chi connectivity index (χ1) is 11.0. The van der Waals surface area contributed by atoms with Crippen LogP contribution in [-0.4, -0.2) is 19.0 Å². The van der Waals surface area contributed by atoms with E-state index in [1.165, 1.54) is 12.1 Å². The van der Waals surface area contributed by atoms with Gasteiger partial charge in [-0.25, -0.2) is 4.39 Å². The first kappa shape index (κ1) is 16.7. The molecule has 2 N–H and O–H groups in total. The van der Waals surface area contributed by atoms with Gasteiger partial charge < -0.3 is 10.2 Å². The van der Waals surface area contributed by atoms with Crippen LogP contribution >= 0.6 is 0 Å². The van der Waals surface area contributed by atoms with E-state index in [1.807, 2.05) is 26.1 Å². The number of rotatable bonds is 5. The molecule has 5 heteroatoms. The van der Waals surface area contributed by atoms with E-state index in [4.69, 9.17) is 5.26 Å². The Morgan fingerprint density at radius 2 is 2.00 bits per heavy atom. The Labute approximate surface area is 135 Å². The molecular formula is C18H19FN3O+. The molecule has 0 fully saturated rings. The van der Waals surface area contributed by atoms with Crippen molar-refractivity contribution in [1.29, 1.82) is 5.26 Å². The maximum atomic E-state index is 13.2. The number of benzene rings is 2. The van der Waals surface area contributed by atoms with Crippen LogP contribution in [0.3, 0.4) is 0 Å². The largest absolute Gasteiger partial charge is 0.324 e. The molecule has 0 aliphatic carbocycles. The summed E-state index contributed by atoms with van der Waals surface area (Å²) in [5, 5.41) is 11.6. The number of carbonyl (C=O) groups is 1. The van der Waals surface area contributed by atoms with Crippen LogP contribution in [0, 0.1) is 17.1 Å². The van der Waals surface area contributed by atoms with E-state index >= 15 is 0 Å². The standard InChI is InChI=1S/C18H18FN3O/c1-13(22(2)12-15-4-3-5-16(19)10-15)18(23)21-17-8-6-14(11-20)7-9-17/h3-10,13H,12H2,1-2H3,(H,21,23)/p+1/t13-/m0/s1. The molecule has 0 aliphatic heterocycles. The Hall–Kier alpha value is -2.71. The van der Waals surface area contributed by atoms with Crippen molar-refractivity contribution in [2.45, 2.75) is 19.5 Å². The van der Waals surface area contributed by atoms with Gasteiger partial charge in [-0.05, 0) is 43.3 Å². The number of halogens is 1. The topological polar surface area (TPSA) is 57.3 Å². The number of nitrogens with one attached hydrogen (secondary N) is 2. The SMILES string of the molecule is C[C@@H](C(=O)Nc1ccc(C#N)cc1)[NH+](C)Cc1cccc(F)c1. The number of anilines is 1.